The Labute approximate surface area is 229 Å². The topological polar surface area (TPSA) is 146 Å². The van der Waals surface area contributed by atoms with E-state index in [1.165, 1.54) is 12.1 Å². The summed E-state index contributed by atoms with van der Waals surface area (Å²) in [5.74, 6) is -0.511. The van der Waals surface area contributed by atoms with Crippen molar-refractivity contribution in [3.05, 3.63) is 59.6 Å². The summed E-state index contributed by atoms with van der Waals surface area (Å²) in [4.78, 5) is 18.1. The number of nitrogens with one attached hydrogen (secondary N) is 1. The fraction of sp³-hybridized carbons (Fsp3) is 0.333. The Morgan fingerprint density at radius 1 is 1.15 bits per heavy atom. The van der Waals surface area contributed by atoms with Crippen molar-refractivity contribution in [2.75, 3.05) is 11.9 Å². The molecule has 0 saturated carbocycles. The summed E-state index contributed by atoms with van der Waals surface area (Å²) in [6.45, 7) is 0.0764. The van der Waals surface area contributed by atoms with Crippen LogP contribution < -0.4 is 11.1 Å². The van der Waals surface area contributed by atoms with Gasteiger partial charge in [0.25, 0.3) is 0 Å². The van der Waals surface area contributed by atoms with Crippen LogP contribution in [0.5, 0.6) is 5.75 Å². The third kappa shape index (κ3) is 4.90. The number of aliphatic carboxylic acids is 1. The Hall–Kier alpha value is -4.09. The molecule has 0 radical (unpaired) electrons. The number of aromatic nitrogens is 4. The van der Waals surface area contributed by atoms with E-state index in [4.69, 9.17) is 17.3 Å². The maximum atomic E-state index is 11.4. The van der Waals surface area contributed by atoms with Gasteiger partial charge in [0.05, 0.1) is 46.4 Å². The van der Waals surface area contributed by atoms with Crippen molar-refractivity contribution in [2.24, 2.45) is 17.8 Å². The molecule has 2 aliphatic heterocycles. The molecule has 1 aromatic carbocycles. The zero-order valence-electron chi connectivity index (χ0n) is 21.3. The van der Waals surface area contributed by atoms with Gasteiger partial charge in [-0.1, -0.05) is 11.6 Å². The summed E-state index contributed by atoms with van der Waals surface area (Å²) >= 11 is 6.30. The third-order valence-corrected chi connectivity index (χ3v) is 7.98. The second-order valence-corrected chi connectivity index (χ2v) is 10.7. The number of aryl methyl sites for hydroxylation is 1. The molecule has 202 valence electrons. The minimum Gasteiger partial charge on any atom is -0.508 e. The number of hydrogen-bond acceptors (Lipinski definition) is 7. The molecule has 3 aromatic heterocycles. The number of carboxylic acid groups (broad SMARTS) is 1. The molecule has 0 spiro atoms. The van der Waals surface area contributed by atoms with Crippen LogP contribution >= 0.6 is 11.6 Å². The smallest absolute Gasteiger partial charge is 0.317 e. The number of nitrogens with two attached hydrogens (primary N) is 1. The van der Waals surface area contributed by atoms with Crippen LogP contribution in [0.25, 0.3) is 16.6 Å². The number of benzene rings is 1. The van der Waals surface area contributed by atoms with Crippen LogP contribution in [0.2, 0.25) is 5.02 Å². The molecule has 5 N–H and O–H groups in total. The average molecular weight is 549 g/mol. The largest absolute Gasteiger partial charge is 0.508 e. The van der Waals surface area contributed by atoms with Gasteiger partial charge in [-0.3, -0.25) is 14.4 Å². The van der Waals surface area contributed by atoms with Gasteiger partial charge >= 0.3 is 5.97 Å². The van der Waals surface area contributed by atoms with Gasteiger partial charge in [-0.2, -0.15) is 10.2 Å². The molecule has 4 aromatic rings. The molecule has 2 bridgehead atoms. The lowest BCUT2D eigenvalue weighted by atomic mass is 9.96. The number of phenolic OH excluding ortho intramolecular Hbond substituents is 1. The molecule has 5 heterocycles. The number of fused-ring (bicyclic) bond motifs is 3. The average Bonchev–Trinajstić information content (AvgIpc) is 3.56. The Morgan fingerprint density at radius 2 is 1.92 bits per heavy atom. The molecule has 2 aliphatic rings. The molecule has 12 heteroatoms. The Kier molecular flexibility index (Phi) is 6.40. The van der Waals surface area contributed by atoms with Crippen molar-refractivity contribution in [3.8, 4) is 16.9 Å². The summed E-state index contributed by atoms with van der Waals surface area (Å²) in [5.41, 5.74) is 11.2. The predicted octanol–water partition coefficient (Wildman–Crippen LogP) is 3.62. The molecule has 2 fully saturated rings. The number of nitrogens with zero attached hydrogens (tertiary/aromatic N) is 6. The fourth-order valence-corrected chi connectivity index (χ4v) is 6.13. The van der Waals surface area contributed by atoms with E-state index in [9.17, 15) is 15.0 Å². The highest BCUT2D eigenvalue weighted by Gasteiger charge is 2.41. The third-order valence-electron chi connectivity index (χ3n) is 7.67. The SMILES string of the molecule is Cn1cc(-c2cc3c(NC4CC5CCC(C4)N5CC(=O)O)c(C(N)=Nc4ccc(O)cc4Cl)cnn3c2)cn1. The zero-order chi connectivity index (χ0) is 27.3. The highest BCUT2D eigenvalue weighted by molar-refractivity contribution is 6.33. The summed E-state index contributed by atoms with van der Waals surface area (Å²) in [5, 5.41) is 32.0. The lowest BCUT2D eigenvalue weighted by Gasteiger charge is -2.38. The zero-order valence-corrected chi connectivity index (χ0v) is 22.1. The lowest BCUT2D eigenvalue weighted by Crippen LogP contribution is -2.48. The van der Waals surface area contributed by atoms with E-state index in [0.29, 0.717) is 11.3 Å². The summed E-state index contributed by atoms with van der Waals surface area (Å²) in [6, 6.07) is 7.15. The predicted molar refractivity (Wildman–Crippen MR) is 149 cm³/mol. The number of amidine groups is 1. The van der Waals surface area contributed by atoms with Crippen LogP contribution in [0.1, 0.15) is 31.2 Å². The molecule has 2 unspecified atom stereocenters. The summed E-state index contributed by atoms with van der Waals surface area (Å²) in [6.07, 6.45) is 11.0. The normalized spacial score (nSPS) is 21.5. The fourth-order valence-electron chi connectivity index (χ4n) is 5.92. The molecule has 0 amide bonds. The van der Waals surface area contributed by atoms with Gasteiger partial charge < -0.3 is 21.3 Å². The standard InChI is InChI=1S/C27H29ClN8O3/c1-34-12-16(10-30-34)15-6-24-26(32-17-7-18-2-3-19(8-17)35(18)14-25(38)39)21(11-31-36(24)13-15)27(29)33-23-5-4-20(37)9-22(23)28/h4-6,9-13,17-19,32,37H,2-3,7-8,14H2,1H3,(H2,29,33)(H,38,39). The molecular formula is C27H29ClN8O3. The van der Waals surface area contributed by atoms with E-state index in [1.54, 1.807) is 23.1 Å². The van der Waals surface area contributed by atoms with Gasteiger partial charge in [-0.25, -0.2) is 9.51 Å². The number of phenols is 1. The molecular weight excluding hydrogens is 520 g/mol. The first kappa shape index (κ1) is 25.2. The minimum atomic E-state index is -0.788. The lowest BCUT2D eigenvalue weighted by molar-refractivity contribution is -0.139. The van der Waals surface area contributed by atoms with Crippen LogP contribution in [0.3, 0.4) is 0 Å². The Bertz CT molecular complexity index is 1580. The minimum absolute atomic E-state index is 0.0444. The van der Waals surface area contributed by atoms with Gasteiger partial charge in [0.1, 0.15) is 11.6 Å². The Balaban J connectivity index is 1.40. The van der Waals surface area contributed by atoms with Gasteiger partial charge in [-0.05, 0) is 43.9 Å². The first-order valence-electron chi connectivity index (χ1n) is 12.8. The van der Waals surface area contributed by atoms with E-state index in [0.717, 1.165) is 48.0 Å². The van der Waals surface area contributed by atoms with E-state index in [2.05, 4.69) is 25.4 Å². The summed E-state index contributed by atoms with van der Waals surface area (Å²) < 4.78 is 3.56. The maximum Gasteiger partial charge on any atom is 0.317 e. The maximum absolute atomic E-state index is 11.4. The number of hydrogen-bond donors (Lipinski definition) is 4. The molecule has 0 aliphatic carbocycles. The molecule has 6 rings (SSSR count). The monoisotopic (exact) mass is 548 g/mol. The van der Waals surface area contributed by atoms with E-state index >= 15 is 0 Å². The number of carboxylic acids is 1. The molecule has 2 saturated heterocycles. The first-order chi connectivity index (χ1) is 18.7. The van der Waals surface area contributed by atoms with Crippen molar-refractivity contribution < 1.29 is 15.0 Å². The number of carbonyl (C=O) groups is 1. The van der Waals surface area contributed by atoms with Gasteiger partial charge in [0.15, 0.2) is 0 Å². The number of aromatic hydroxyl groups is 1. The van der Waals surface area contributed by atoms with Gasteiger partial charge in [0.2, 0.25) is 0 Å². The Morgan fingerprint density at radius 3 is 2.59 bits per heavy atom. The van der Waals surface area contributed by atoms with E-state index < -0.39 is 5.97 Å². The number of piperidine rings is 1. The number of anilines is 1. The second-order valence-electron chi connectivity index (χ2n) is 10.3. The van der Waals surface area contributed by atoms with Crippen molar-refractivity contribution >= 4 is 40.3 Å². The van der Waals surface area contributed by atoms with Crippen LogP contribution in [0, 0.1) is 0 Å². The second kappa shape index (κ2) is 9.90. The van der Waals surface area contributed by atoms with Crippen LogP contribution in [-0.2, 0) is 11.8 Å². The number of halogens is 1. The molecule has 39 heavy (non-hydrogen) atoms. The van der Waals surface area contributed by atoms with Crippen molar-refractivity contribution in [2.45, 2.75) is 43.8 Å². The first-order valence-corrected chi connectivity index (χ1v) is 13.2. The van der Waals surface area contributed by atoms with Gasteiger partial charge in [-0.15, -0.1) is 0 Å². The van der Waals surface area contributed by atoms with Crippen LogP contribution in [-0.4, -0.2) is 71.0 Å². The molecule has 2 atom stereocenters. The van der Waals surface area contributed by atoms with Crippen LogP contribution in [0.15, 0.2) is 54.0 Å². The van der Waals surface area contributed by atoms with Gasteiger partial charge in [0, 0.05) is 54.8 Å². The van der Waals surface area contributed by atoms with Crippen molar-refractivity contribution in [1.29, 1.82) is 0 Å². The highest BCUT2D eigenvalue weighted by atomic mass is 35.5. The quantitative estimate of drug-likeness (QED) is 0.202. The number of aliphatic imine (C=N–C) groups is 1. The van der Waals surface area contributed by atoms with Crippen molar-refractivity contribution in [1.82, 2.24) is 24.3 Å². The molecule has 11 nitrogen and oxygen atoms in total. The number of rotatable bonds is 7. The summed E-state index contributed by atoms with van der Waals surface area (Å²) in [7, 11) is 1.87. The highest BCUT2D eigenvalue weighted by Crippen LogP contribution is 2.38. The van der Waals surface area contributed by atoms with E-state index in [-0.39, 0.29) is 41.3 Å². The van der Waals surface area contributed by atoms with Crippen LogP contribution in [0.4, 0.5) is 11.4 Å². The van der Waals surface area contributed by atoms with Crippen molar-refractivity contribution in [3.63, 3.8) is 0 Å². The van der Waals surface area contributed by atoms with E-state index in [1.807, 2.05) is 30.0 Å².